The van der Waals surface area contributed by atoms with Crippen molar-refractivity contribution >= 4 is 11.6 Å². The lowest BCUT2D eigenvalue weighted by Gasteiger charge is -2.39. The van der Waals surface area contributed by atoms with Crippen LogP contribution in [0.15, 0.2) is 24.3 Å². The molecule has 0 saturated heterocycles. The van der Waals surface area contributed by atoms with Gasteiger partial charge in [-0.25, -0.2) is 0 Å². The lowest BCUT2D eigenvalue weighted by atomic mass is 9.76. The maximum atomic E-state index is 6.09. The molecule has 0 atom stereocenters. The fourth-order valence-electron chi connectivity index (χ4n) is 3.97. The van der Waals surface area contributed by atoms with E-state index in [1.54, 1.807) is 0 Å². The minimum atomic E-state index is 0.0362. The van der Waals surface area contributed by atoms with Crippen molar-refractivity contribution in [3.8, 4) is 0 Å². The van der Waals surface area contributed by atoms with E-state index < -0.39 is 0 Å². The number of benzene rings is 1. The Morgan fingerprint density at radius 3 is 2.50 bits per heavy atom. The van der Waals surface area contributed by atoms with Crippen LogP contribution in [0.5, 0.6) is 0 Å². The van der Waals surface area contributed by atoms with Crippen LogP contribution in [0.4, 0.5) is 0 Å². The standard InChI is InChI=1S/C19H25ClN4/c1-24-17(22-23-18(24)14-5-6-14)13-21-19(11-3-2-4-12-19)15-7-9-16(20)10-8-15/h7-10,14,21H,2-6,11-13H2,1H3. The highest BCUT2D eigenvalue weighted by Crippen LogP contribution is 2.39. The Balaban J connectivity index is 1.55. The van der Waals surface area contributed by atoms with Crippen LogP contribution in [0.1, 0.15) is 68.1 Å². The Morgan fingerprint density at radius 2 is 1.83 bits per heavy atom. The molecule has 1 aromatic heterocycles. The van der Waals surface area contributed by atoms with Gasteiger partial charge in [-0.15, -0.1) is 10.2 Å². The highest BCUT2D eigenvalue weighted by atomic mass is 35.5. The zero-order valence-corrected chi connectivity index (χ0v) is 15.0. The zero-order valence-electron chi connectivity index (χ0n) is 14.3. The van der Waals surface area contributed by atoms with Gasteiger partial charge in [0, 0.05) is 23.5 Å². The largest absolute Gasteiger partial charge is 0.317 e. The number of halogens is 1. The van der Waals surface area contributed by atoms with Crippen LogP contribution in [0, 0.1) is 0 Å². The highest BCUT2D eigenvalue weighted by Gasteiger charge is 2.34. The maximum Gasteiger partial charge on any atom is 0.146 e. The van der Waals surface area contributed by atoms with Crippen molar-refractivity contribution in [2.75, 3.05) is 0 Å². The van der Waals surface area contributed by atoms with Crippen LogP contribution in [-0.2, 0) is 19.1 Å². The summed E-state index contributed by atoms with van der Waals surface area (Å²) < 4.78 is 2.18. The van der Waals surface area contributed by atoms with E-state index in [9.17, 15) is 0 Å². The van der Waals surface area contributed by atoms with Gasteiger partial charge in [0.15, 0.2) is 0 Å². The minimum absolute atomic E-state index is 0.0362. The first-order chi connectivity index (χ1) is 11.7. The maximum absolute atomic E-state index is 6.09. The molecule has 1 aromatic carbocycles. The Bertz CT molecular complexity index is 697. The molecule has 2 fully saturated rings. The molecule has 0 aliphatic heterocycles. The van der Waals surface area contributed by atoms with E-state index >= 15 is 0 Å². The van der Waals surface area contributed by atoms with Gasteiger partial charge in [0.25, 0.3) is 0 Å². The molecule has 1 N–H and O–H groups in total. The molecule has 5 heteroatoms. The molecular formula is C19H25ClN4. The van der Waals surface area contributed by atoms with Crippen LogP contribution >= 0.6 is 11.6 Å². The van der Waals surface area contributed by atoms with Crippen molar-refractivity contribution in [3.63, 3.8) is 0 Å². The molecule has 24 heavy (non-hydrogen) atoms. The van der Waals surface area contributed by atoms with Gasteiger partial charge >= 0.3 is 0 Å². The molecule has 2 saturated carbocycles. The monoisotopic (exact) mass is 344 g/mol. The van der Waals surface area contributed by atoms with Gasteiger partial charge in [0.05, 0.1) is 6.54 Å². The molecule has 0 bridgehead atoms. The summed E-state index contributed by atoms with van der Waals surface area (Å²) in [5, 5.41) is 13.5. The molecule has 4 rings (SSSR count). The number of nitrogens with one attached hydrogen (secondary N) is 1. The van der Waals surface area contributed by atoms with E-state index in [0.29, 0.717) is 5.92 Å². The number of nitrogens with zero attached hydrogens (tertiary/aromatic N) is 3. The Hall–Kier alpha value is -1.39. The number of hydrogen-bond acceptors (Lipinski definition) is 3. The second kappa shape index (κ2) is 6.49. The van der Waals surface area contributed by atoms with Gasteiger partial charge in [-0.3, -0.25) is 0 Å². The van der Waals surface area contributed by atoms with Crippen molar-refractivity contribution in [1.29, 1.82) is 0 Å². The van der Waals surface area contributed by atoms with E-state index in [2.05, 4.69) is 39.3 Å². The van der Waals surface area contributed by atoms with Gasteiger partial charge in [-0.2, -0.15) is 0 Å². The van der Waals surface area contributed by atoms with E-state index in [1.165, 1.54) is 50.5 Å². The van der Waals surface area contributed by atoms with E-state index in [4.69, 9.17) is 11.6 Å². The summed E-state index contributed by atoms with van der Waals surface area (Å²) in [6.07, 6.45) is 8.71. The molecule has 1 heterocycles. The van der Waals surface area contributed by atoms with Crippen LogP contribution in [0.2, 0.25) is 5.02 Å². The Labute approximate surface area is 148 Å². The summed E-state index contributed by atoms with van der Waals surface area (Å²) >= 11 is 6.09. The molecule has 0 radical (unpaired) electrons. The summed E-state index contributed by atoms with van der Waals surface area (Å²) in [6.45, 7) is 0.763. The van der Waals surface area contributed by atoms with Crippen molar-refractivity contribution in [2.45, 2.75) is 62.9 Å². The van der Waals surface area contributed by atoms with Gasteiger partial charge < -0.3 is 9.88 Å². The zero-order chi connectivity index (χ0) is 16.6. The van der Waals surface area contributed by atoms with Crippen LogP contribution in [0.25, 0.3) is 0 Å². The fraction of sp³-hybridized carbons (Fsp3) is 0.579. The minimum Gasteiger partial charge on any atom is -0.317 e. The average molecular weight is 345 g/mol. The van der Waals surface area contributed by atoms with Crippen molar-refractivity contribution in [1.82, 2.24) is 20.1 Å². The molecule has 2 aliphatic rings. The summed E-state index contributed by atoms with van der Waals surface area (Å²) in [6, 6.07) is 8.35. The summed E-state index contributed by atoms with van der Waals surface area (Å²) in [5.41, 5.74) is 1.38. The highest BCUT2D eigenvalue weighted by molar-refractivity contribution is 6.30. The molecule has 0 spiro atoms. The van der Waals surface area contributed by atoms with Crippen LogP contribution in [-0.4, -0.2) is 14.8 Å². The van der Waals surface area contributed by atoms with Crippen molar-refractivity contribution in [3.05, 3.63) is 46.5 Å². The Morgan fingerprint density at radius 1 is 1.12 bits per heavy atom. The van der Waals surface area contributed by atoms with Gasteiger partial charge in [-0.1, -0.05) is 43.0 Å². The predicted molar refractivity (Wildman–Crippen MR) is 96.0 cm³/mol. The SMILES string of the molecule is Cn1c(CNC2(c3ccc(Cl)cc3)CCCCC2)nnc1C1CC1. The van der Waals surface area contributed by atoms with Crippen molar-refractivity contribution in [2.24, 2.45) is 7.05 Å². The lowest BCUT2D eigenvalue weighted by molar-refractivity contribution is 0.228. The topological polar surface area (TPSA) is 42.7 Å². The predicted octanol–water partition coefficient (Wildman–Crippen LogP) is 4.30. The smallest absolute Gasteiger partial charge is 0.146 e. The number of hydrogen-bond donors (Lipinski definition) is 1. The molecule has 128 valence electrons. The third-order valence-electron chi connectivity index (χ3n) is 5.63. The molecule has 0 unspecified atom stereocenters. The molecule has 4 nitrogen and oxygen atoms in total. The van der Waals surface area contributed by atoms with Crippen LogP contribution in [0.3, 0.4) is 0 Å². The third-order valence-corrected chi connectivity index (χ3v) is 5.88. The third kappa shape index (κ3) is 3.09. The van der Waals surface area contributed by atoms with E-state index in [-0.39, 0.29) is 5.54 Å². The lowest BCUT2D eigenvalue weighted by Crippen LogP contribution is -2.44. The van der Waals surface area contributed by atoms with E-state index in [0.717, 1.165) is 23.2 Å². The molecular weight excluding hydrogens is 320 g/mol. The second-order valence-electron chi connectivity index (χ2n) is 7.31. The fourth-order valence-corrected chi connectivity index (χ4v) is 4.09. The summed E-state index contributed by atoms with van der Waals surface area (Å²) in [7, 11) is 2.10. The quantitative estimate of drug-likeness (QED) is 0.879. The van der Waals surface area contributed by atoms with E-state index in [1.807, 2.05) is 12.1 Å². The summed E-state index contributed by atoms with van der Waals surface area (Å²) in [5.74, 6) is 2.82. The molecule has 2 aromatic rings. The number of rotatable bonds is 5. The second-order valence-corrected chi connectivity index (χ2v) is 7.75. The first-order valence-corrected chi connectivity index (χ1v) is 9.45. The number of aromatic nitrogens is 3. The summed E-state index contributed by atoms with van der Waals surface area (Å²) in [4.78, 5) is 0. The van der Waals surface area contributed by atoms with Gasteiger partial charge in [-0.05, 0) is 43.4 Å². The first kappa shape index (κ1) is 16.1. The molecule has 0 amide bonds. The normalized spacial score (nSPS) is 20.2. The Kier molecular flexibility index (Phi) is 4.35. The van der Waals surface area contributed by atoms with Crippen molar-refractivity contribution < 1.29 is 0 Å². The average Bonchev–Trinajstić information content (AvgIpc) is 3.38. The van der Waals surface area contributed by atoms with Gasteiger partial charge in [0.2, 0.25) is 0 Å². The molecule has 2 aliphatic carbocycles. The van der Waals surface area contributed by atoms with Crippen LogP contribution < -0.4 is 5.32 Å². The first-order valence-electron chi connectivity index (χ1n) is 9.07. The van der Waals surface area contributed by atoms with Gasteiger partial charge in [0.1, 0.15) is 11.6 Å².